The van der Waals surface area contributed by atoms with E-state index < -0.39 is 12.0 Å². The molecule has 0 bridgehead atoms. The van der Waals surface area contributed by atoms with Gasteiger partial charge in [0.2, 0.25) is 0 Å². The molecule has 1 aliphatic heterocycles. The molecule has 0 spiro atoms. The molecule has 1 N–H and O–H groups in total. The van der Waals surface area contributed by atoms with E-state index in [9.17, 15) is 9.59 Å². The maximum absolute atomic E-state index is 12.5. The Bertz CT molecular complexity index is 549. The van der Waals surface area contributed by atoms with Crippen LogP contribution in [0.1, 0.15) is 15.9 Å². The Hall–Kier alpha value is -1.89. The molecule has 1 amide bonds. The van der Waals surface area contributed by atoms with Gasteiger partial charge in [-0.3, -0.25) is 4.79 Å². The molecule has 1 unspecified atom stereocenters. The van der Waals surface area contributed by atoms with Gasteiger partial charge in [0.15, 0.2) is 0 Å². The number of hydrogen-bond donors (Lipinski definition) is 1. The van der Waals surface area contributed by atoms with Crippen molar-refractivity contribution in [3.8, 4) is 11.5 Å². The monoisotopic (exact) mass is 311 g/mol. The van der Waals surface area contributed by atoms with Crippen molar-refractivity contribution in [1.82, 2.24) is 4.90 Å². The van der Waals surface area contributed by atoms with Crippen molar-refractivity contribution in [1.29, 1.82) is 0 Å². The summed E-state index contributed by atoms with van der Waals surface area (Å²) in [4.78, 5) is 25.1. The number of carboxylic acids is 1. The van der Waals surface area contributed by atoms with E-state index in [1.54, 1.807) is 12.1 Å². The fourth-order valence-electron chi connectivity index (χ4n) is 2.22. The van der Waals surface area contributed by atoms with Crippen molar-refractivity contribution >= 4 is 23.6 Å². The van der Waals surface area contributed by atoms with Crippen molar-refractivity contribution in [2.24, 2.45) is 0 Å². The molecule has 1 heterocycles. The number of rotatable bonds is 4. The Kier molecular flexibility index (Phi) is 4.62. The Labute approximate surface area is 127 Å². The third-order valence-electron chi connectivity index (χ3n) is 3.43. The summed E-state index contributed by atoms with van der Waals surface area (Å²) in [6.45, 7) is 1.83. The van der Waals surface area contributed by atoms with Crippen LogP contribution in [0.15, 0.2) is 12.1 Å². The van der Waals surface area contributed by atoms with Crippen LogP contribution in [0.5, 0.6) is 11.5 Å². The van der Waals surface area contributed by atoms with Gasteiger partial charge in [-0.05, 0) is 19.1 Å². The smallest absolute Gasteiger partial charge is 0.327 e. The van der Waals surface area contributed by atoms with Crippen LogP contribution >= 0.6 is 11.8 Å². The lowest BCUT2D eigenvalue weighted by Gasteiger charge is -2.21. The minimum atomic E-state index is -0.987. The van der Waals surface area contributed by atoms with Gasteiger partial charge in [-0.25, -0.2) is 4.79 Å². The standard InChI is InChI=1S/C14H17NO5S/c1-8-11(19-2)4-9(5-12(8)20-3)13(16)15-7-21-6-10(15)14(17)18/h4-5,10H,6-7H2,1-3H3,(H,17,18). The SMILES string of the molecule is COc1cc(C(=O)N2CSCC2C(=O)O)cc(OC)c1C. The zero-order valence-electron chi connectivity index (χ0n) is 12.1. The fraction of sp³-hybridized carbons (Fsp3) is 0.429. The first-order valence-corrected chi connectivity index (χ1v) is 7.49. The van der Waals surface area contributed by atoms with Gasteiger partial charge in [-0.1, -0.05) is 0 Å². The second-order valence-electron chi connectivity index (χ2n) is 4.63. The number of hydrogen-bond acceptors (Lipinski definition) is 5. The molecule has 1 aromatic carbocycles. The summed E-state index contributed by atoms with van der Waals surface area (Å²) in [5, 5.41) is 9.17. The van der Waals surface area contributed by atoms with Gasteiger partial charge in [-0.2, -0.15) is 0 Å². The van der Waals surface area contributed by atoms with Gasteiger partial charge in [0.1, 0.15) is 17.5 Å². The second kappa shape index (κ2) is 6.26. The number of benzene rings is 1. The molecule has 1 atom stereocenters. The average molecular weight is 311 g/mol. The van der Waals surface area contributed by atoms with Crippen molar-refractivity contribution in [3.63, 3.8) is 0 Å². The van der Waals surface area contributed by atoms with Crippen LogP contribution < -0.4 is 9.47 Å². The van der Waals surface area contributed by atoms with Crippen LogP contribution in [0.2, 0.25) is 0 Å². The molecular weight excluding hydrogens is 294 g/mol. The third kappa shape index (κ3) is 2.92. The van der Waals surface area contributed by atoms with Crippen molar-refractivity contribution in [2.45, 2.75) is 13.0 Å². The number of amides is 1. The molecule has 6 nitrogen and oxygen atoms in total. The molecule has 114 valence electrons. The topological polar surface area (TPSA) is 76.1 Å². The number of ether oxygens (including phenoxy) is 2. The highest BCUT2D eigenvalue weighted by molar-refractivity contribution is 7.99. The van der Waals surface area contributed by atoms with Gasteiger partial charge in [0.25, 0.3) is 5.91 Å². The minimum Gasteiger partial charge on any atom is -0.496 e. The Morgan fingerprint density at radius 3 is 2.33 bits per heavy atom. The van der Waals surface area contributed by atoms with E-state index in [4.69, 9.17) is 14.6 Å². The molecule has 1 fully saturated rings. The van der Waals surface area contributed by atoms with E-state index in [0.717, 1.165) is 5.56 Å². The molecule has 2 rings (SSSR count). The first-order valence-electron chi connectivity index (χ1n) is 6.33. The normalized spacial score (nSPS) is 17.7. The van der Waals surface area contributed by atoms with Crippen LogP contribution in [-0.2, 0) is 4.79 Å². The molecule has 1 aliphatic rings. The molecule has 0 saturated carbocycles. The summed E-state index contributed by atoms with van der Waals surface area (Å²) in [6, 6.07) is 2.44. The summed E-state index contributed by atoms with van der Waals surface area (Å²) in [5.74, 6) is 0.534. The molecule has 0 aliphatic carbocycles. The quantitative estimate of drug-likeness (QED) is 0.910. The minimum absolute atomic E-state index is 0.330. The number of thioether (sulfide) groups is 1. The molecular formula is C14H17NO5S. The zero-order chi connectivity index (χ0) is 15.6. The van der Waals surface area contributed by atoms with E-state index in [1.807, 2.05) is 6.92 Å². The van der Waals surface area contributed by atoms with E-state index in [2.05, 4.69) is 0 Å². The van der Waals surface area contributed by atoms with E-state index in [0.29, 0.717) is 28.7 Å². The number of aliphatic carboxylic acids is 1. The molecule has 7 heteroatoms. The molecule has 1 saturated heterocycles. The number of carbonyl (C=O) groups is 2. The molecule has 21 heavy (non-hydrogen) atoms. The highest BCUT2D eigenvalue weighted by atomic mass is 32.2. The van der Waals surface area contributed by atoms with E-state index in [1.165, 1.54) is 30.9 Å². The van der Waals surface area contributed by atoms with E-state index >= 15 is 0 Å². The summed E-state index contributed by atoms with van der Waals surface area (Å²) >= 11 is 1.43. The van der Waals surface area contributed by atoms with E-state index in [-0.39, 0.29) is 5.91 Å². The lowest BCUT2D eigenvalue weighted by molar-refractivity contribution is -0.140. The van der Waals surface area contributed by atoms with Crippen LogP contribution in [0, 0.1) is 6.92 Å². The molecule has 1 aromatic rings. The maximum Gasteiger partial charge on any atom is 0.327 e. The number of carbonyl (C=O) groups excluding carboxylic acids is 1. The maximum atomic E-state index is 12.5. The highest BCUT2D eigenvalue weighted by Gasteiger charge is 2.35. The van der Waals surface area contributed by atoms with Gasteiger partial charge in [-0.15, -0.1) is 11.8 Å². The summed E-state index contributed by atoms with van der Waals surface area (Å²) in [7, 11) is 3.03. The average Bonchev–Trinajstić information content (AvgIpc) is 2.96. The van der Waals surface area contributed by atoms with Gasteiger partial charge < -0.3 is 19.5 Å². The Morgan fingerprint density at radius 1 is 1.29 bits per heavy atom. The van der Waals surface area contributed by atoms with Crippen molar-refractivity contribution < 1.29 is 24.2 Å². The Balaban J connectivity index is 2.37. The molecule has 0 radical (unpaired) electrons. The first-order chi connectivity index (χ1) is 9.99. The van der Waals surface area contributed by atoms with Gasteiger partial charge in [0.05, 0.1) is 20.1 Å². The van der Waals surface area contributed by atoms with Crippen molar-refractivity contribution in [2.75, 3.05) is 25.8 Å². The second-order valence-corrected chi connectivity index (χ2v) is 5.63. The fourth-order valence-corrected chi connectivity index (χ4v) is 3.37. The lowest BCUT2D eigenvalue weighted by atomic mass is 10.1. The van der Waals surface area contributed by atoms with Crippen LogP contribution in [0.25, 0.3) is 0 Å². The summed E-state index contributed by atoms with van der Waals surface area (Å²) in [5.41, 5.74) is 1.16. The van der Waals surface area contributed by atoms with Gasteiger partial charge >= 0.3 is 5.97 Å². The summed E-state index contributed by atoms with van der Waals surface area (Å²) in [6.07, 6.45) is 0. The van der Waals surface area contributed by atoms with Crippen LogP contribution in [0.3, 0.4) is 0 Å². The predicted molar refractivity (Wildman–Crippen MR) is 79.2 cm³/mol. The molecule has 0 aromatic heterocycles. The third-order valence-corrected chi connectivity index (χ3v) is 4.44. The number of nitrogens with zero attached hydrogens (tertiary/aromatic N) is 1. The van der Waals surface area contributed by atoms with Crippen LogP contribution in [-0.4, -0.2) is 53.8 Å². The van der Waals surface area contributed by atoms with Crippen LogP contribution in [0.4, 0.5) is 0 Å². The number of carboxylic acid groups (broad SMARTS) is 1. The highest BCUT2D eigenvalue weighted by Crippen LogP contribution is 2.31. The lowest BCUT2D eigenvalue weighted by Crippen LogP contribution is -2.41. The summed E-state index contributed by atoms with van der Waals surface area (Å²) < 4.78 is 10.5. The largest absolute Gasteiger partial charge is 0.496 e. The Morgan fingerprint density at radius 2 is 1.86 bits per heavy atom. The number of methoxy groups -OCH3 is 2. The predicted octanol–water partition coefficient (Wildman–Crippen LogP) is 1.61. The zero-order valence-corrected chi connectivity index (χ0v) is 12.9. The van der Waals surface area contributed by atoms with Crippen molar-refractivity contribution in [3.05, 3.63) is 23.3 Å². The first kappa shape index (κ1) is 15.5. The van der Waals surface area contributed by atoms with Gasteiger partial charge in [0, 0.05) is 16.9 Å².